The lowest BCUT2D eigenvalue weighted by atomic mass is 10.0. The molecule has 2 aliphatic rings. The Morgan fingerprint density at radius 2 is 1.32 bits per heavy atom. The van der Waals surface area contributed by atoms with Crippen LogP contribution in [0.5, 0.6) is 0 Å². The second-order valence-electron chi connectivity index (χ2n) is 13.8. The number of urea groups is 2. The van der Waals surface area contributed by atoms with Crippen LogP contribution < -0.4 is 31.9 Å². The Labute approximate surface area is 302 Å². The number of thioether (sulfide) groups is 1. The number of nitrogens with one attached hydrogen (secondary N) is 6. The summed E-state index contributed by atoms with van der Waals surface area (Å²) in [6, 6.07) is 13.5. The molecular weight excluding hydrogens is 649 g/mol. The molecule has 0 radical (unpaired) electrons. The molecule has 0 aromatic heterocycles. The summed E-state index contributed by atoms with van der Waals surface area (Å²) in [5.41, 5.74) is 4.42. The lowest BCUT2D eigenvalue weighted by Crippen LogP contribution is -2.36. The lowest BCUT2D eigenvalue weighted by molar-refractivity contribution is -0.121. The quantitative estimate of drug-likeness (QED) is 0.0562. The summed E-state index contributed by atoms with van der Waals surface area (Å²) in [4.78, 5) is 48.5. The summed E-state index contributed by atoms with van der Waals surface area (Å²) in [6.45, 7) is 5.40. The first-order valence-electron chi connectivity index (χ1n) is 18.7. The molecule has 2 aromatic carbocycles. The first-order valence-corrected chi connectivity index (χ1v) is 19.8. The maximum Gasteiger partial charge on any atom is 0.323 e. The highest BCUT2D eigenvalue weighted by atomic mass is 32.2. The van der Waals surface area contributed by atoms with Crippen molar-refractivity contribution in [1.82, 2.24) is 21.3 Å². The lowest BCUT2D eigenvalue weighted by Gasteiger charge is -2.16. The van der Waals surface area contributed by atoms with E-state index < -0.39 is 0 Å². The number of fused-ring (bicyclic) bond motifs is 1. The van der Waals surface area contributed by atoms with Crippen molar-refractivity contribution in [2.75, 3.05) is 29.5 Å². The van der Waals surface area contributed by atoms with E-state index in [1.807, 2.05) is 68.1 Å². The molecule has 2 aliphatic heterocycles. The van der Waals surface area contributed by atoms with Crippen molar-refractivity contribution in [3.63, 3.8) is 0 Å². The Balaban J connectivity index is 0.894. The van der Waals surface area contributed by atoms with E-state index in [1.165, 1.54) is 38.5 Å². The number of anilines is 2. The molecule has 4 rings (SSSR count). The zero-order valence-corrected chi connectivity index (χ0v) is 30.9. The summed E-state index contributed by atoms with van der Waals surface area (Å²) in [5, 5.41) is 18.3. The maximum absolute atomic E-state index is 12.4. The molecule has 6 amide bonds. The number of carbonyl (C=O) groups excluding carboxylic acids is 4. The normalized spacial score (nSPS) is 17.8. The van der Waals surface area contributed by atoms with Gasteiger partial charge in [-0.05, 0) is 68.4 Å². The second kappa shape index (κ2) is 21.5. The maximum atomic E-state index is 12.4. The van der Waals surface area contributed by atoms with E-state index in [9.17, 15) is 19.2 Å². The first kappa shape index (κ1) is 39.1. The van der Waals surface area contributed by atoms with Crippen molar-refractivity contribution in [2.45, 2.75) is 127 Å². The van der Waals surface area contributed by atoms with Gasteiger partial charge in [0.2, 0.25) is 11.8 Å². The highest BCUT2D eigenvalue weighted by molar-refractivity contribution is 8.00. The zero-order chi connectivity index (χ0) is 35.6. The van der Waals surface area contributed by atoms with Gasteiger partial charge in [0.1, 0.15) is 0 Å². The molecule has 0 saturated carbocycles. The van der Waals surface area contributed by atoms with Crippen LogP contribution in [0.3, 0.4) is 0 Å². The van der Waals surface area contributed by atoms with E-state index in [0.717, 1.165) is 79.6 Å². The molecule has 11 heteroatoms. The fraction of sp³-hybridized carbons (Fsp3) is 0.590. The second-order valence-corrected chi connectivity index (χ2v) is 15.1. The molecule has 6 N–H and O–H groups in total. The SMILES string of the molecule is Cc1cccc(C)c1NC(=O)Nc1ccc(CC(=O)NCCCCCCCCCCCCNC(=O)CCCC[C@@H]2SC[C@@H]3NC(=O)N[C@@H]32)cc1. The molecule has 50 heavy (non-hydrogen) atoms. The van der Waals surface area contributed by atoms with Gasteiger partial charge in [-0.3, -0.25) is 9.59 Å². The number of rotatable bonds is 22. The van der Waals surface area contributed by atoms with Crippen molar-refractivity contribution in [3.8, 4) is 0 Å². The highest BCUT2D eigenvalue weighted by Crippen LogP contribution is 2.33. The Hall–Kier alpha value is -3.73. The van der Waals surface area contributed by atoms with E-state index in [2.05, 4.69) is 31.9 Å². The van der Waals surface area contributed by atoms with Crippen LogP contribution in [0.2, 0.25) is 0 Å². The number of carbonyl (C=O) groups is 4. The molecule has 0 aliphatic carbocycles. The van der Waals surface area contributed by atoms with Crippen LogP contribution in [0.25, 0.3) is 0 Å². The molecular formula is C39H58N6O4S. The molecule has 2 saturated heterocycles. The van der Waals surface area contributed by atoms with Crippen LogP contribution in [0.15, 0.2) is 42.5 Å². The van der Waals surface area contributed by atoms with Gasteiger partial charge < -0.3 is 31.9 Å². The molecule has 274 valence electrons. The number of amides is 6. The summed E-state index contributed by atoms with van der Waals surface area (Å²) in [6.07, 6.45) is 15.6. The minimum atomic E-state index is -0.293. The third kappa shape index (κ3) is 13.9. The van der Waals surface area contributed by atoms with Gasteiger partial charge in [0.25, 0.3) is 0 Å². The predicted octanol–water partition coefficient (Wildman–Crippen LogP) is 7.35. The van der Waals surface area contributed by atoms with Crippen LogP contribution in [0, 0.1) is 13.8 Å². The van der Waals surface area contributed by atoms with Crippen LogP contribution in [-0.2, 0) is 16.0 Å². The summed E-state index contributed by atoms with van der Waals surface area (Å²) < 4.78 is 0. The van der Waals surface area contributed by atoms with Crippen molar-refractivity contribution in [3.05, 3.63) is 59.2 Å². The molecule has 2 fully saturated rings. The summed E-state index contributed by atoms with van der Waals surface area (Å²) in [7, 11) is 0. The molecule has 2 heterocycles. The first-order chi connectivity index (χ1) is 24.3. The Kier molecular flexibility index (Phi) is 16.8. The van der Waals surface area contributed by atoms with E-state index in [-0.39, 0.29) is 36.0 Å². The molecule has 0 bridgehead atoms. The number of hydrogen-bond acceptors (Lipinski definition) is 5. The molecule has 0 spiro atoms. The van der Waals surface area contributed by atoms with Gasteiger partial charge >= 0.3 is 12.1 Å². The van der Waals surface area contributed by atoms with Crippen molar-refractivity contribution >= 4 is 47.0 Å². The van der Waals surface area contributed by atoms with Crippen molar-refractivity contribution < 1.29 is 19.2 Å². The average molecular weight is 707 g/mol. The van der Waals surface area contributed by atoms with Crippen LogP contribution in [0.4, 0.5) is 21.0 Å². The topological polar surface area (TPSA) is 140 Å². The van der Waals surface area contributed by atoms with Crippen LogP contribution >= 0.6 is 11.8 Å². The monoisotopic (exact) mass is 706 g/mol. The minimum Gasteiger partial charge on any atom is -0.356 e. The Morgan fingerprint density at radius 3 is 1.96 bits per heavy atom. The van der Waals surface area contributed by atoms with Crippen LogP contribution in [0.1, 0.15) is 107 Å². The molecule has 3 atom stereocenters. The number of para-hydroxylation sites is 1. The van der Waals surface area contributed by atoms with Gasteiger partial charge in [0.15, 0.2) is 0 Å². The van der Waals surface area contributed by atoms with E-state index in [0.29, 0.717) is 30.3 Å². The standard InChI is InChI=1S/C39H58N6O4S/c1-28-16-15-17-29(2)36(28)44-38(48)42-31-22-20-30(21-23-31)26-35(47)41-25-14-10-8-6-4-3-5-7-9-13-24-40-34(46)19-12-11-18-33-37-32(27-50-33)43-39(49)45-37/h15-17,20-23,32-33,37H,3-14,18-19,24-27H2,1-2H3,(H,40,46)(H,41,47)(H2,42,44,48)(H2,43,45,49)/t32-,33-,37-/m0/s1. The molecule has 10 nitrogen and oxygen atoms in total. The van der Waals surface area contributed by atoms with E-state index >= 15 is 0 Å². The predicted molar refractivity (Wildman–Crippen MR) is 205 cm³/mol. The largest absolute Gasteiger partial charge is 0.356 e. The number of hydrogen-bond donors (Lipinski definition) is 6. The smallest absolute Gasteiger partial charge is 0.323 e. The third-order valence-electron chi connectivity index (χ3n) is 9.62. The van der Waals surface area contributed by atoms with Gasteiger partial charge in [-0.2, -0.15) is 11.8 Å². The Morgan fingerprint density at radius 1 is 0.720 bits per heavy atom. The van der Waals surface area contributed by atoms with Crippen LogP contribution in [-0.4, -0.2) is 60.1 Å². The van der Waals surface area contributed by atoms with Crippen molar-refractivity contribution in [2.24, 2.45) is 0 Å². The van der Waals surface area contributed by atoms with Gasteiger partial charge in [0, 0.05) is 41.9 Å². The average Bonchev–Trinajstić information content (AvgIpc) is 3.65. The van der Waals surface area contributed by atoms with Gasteiger partial charge in [0.05, 0.1) is 18.5 Å². The number of unbranched alkanes of at least 4 members (excludes halogenated alkanes) is 10. The third-order valence-corrected chi connectivity index (χ3v) is 11.1. The molecule has 2 aromatic rings. The fourth-order valence-corrected chi connectivity index (χ4v) is 8.27. The van der Waals surface area contributed by atoms with E-state index in [1.54, 1.807) is 0 Å². The Bertz CT molecular complexity index is 1370. The van der Waals surface area contributed by atoms with Gasteiger partial charge in [-0.25, -0.2) is 9.59 Å². The fourth-order valence-electron chi connectivity index (χ4n) is 6.72. The van der Waals surface area contributed by atoms with E-state index in [4.69, 9.17) is 0 Å². The minimum absolute atomic E-state index is 0.0186. The highest BCUT2D eigenvalue weighted by Gasteiger charge is 2.42. The van der Waals surface area contributed by atoms with Gasteiger partial charge in [-0.1, -0.05) is 88.1 Å². The van der Waals surface area contributed by atoms with Crippen molar-refractivity contribution in [1.29, 1.82) is 0 Å². The number of aryl methyl sites for hydroxylation is 2. The summed E-state index contributed by atoms with van der Waals surface area (Å²) in [5.74, 6) is 1.16. The summed E-state index contributed by atoms with van der Waals surface area (Å²) >= 11 is 1.93. The number of benzene rings is 2. The zero-order valence-electron chi connectivity index (χ0n) is 30.0. The van der Waals surface area contributed by atoms with Gasteiger partial charge in [-0.15, -0.1) is 0 Å². The molecule has 0 unspecified atom stereocenters.